The highest BCUT2D eigenvalue weighted by molar-refractivity contribution is 5.89. The average Bonchev–Trinajstić information content (AvgIpc) is 2.97. The monoisotopic (exact) mass is 558 g/mol. The molecule has 0 spiro atoms. The van der Waals surface area contributed by atoms with Crippen LogP contribution >= 0.6 is 0 Å². The van der Waals surface area contributed by atoms with E-state index in [4.69, 9.17) is 18.9 Å². The van der Waals surface area contributed by atoms with Gasteiger partial charge in [0.2, 0.25) is 0 Å². The fraction of sp³-hybridized carbons (Fsp3) is 0.206. The first-order valence-electron chi connectivity index (χ1n) is 12.6. The zero-order chi connectivity index (χ0) is 30.9. The second-order valence-corrected chi connectivity index (χ2v) is 9.08. The number of benzene rings is 3. The molecule has 0 amide bonds. The molecule has 0 aliphatic carbocycles. The minimum Gasteiger partial charge on any atom is -0.497 e. The maximum Gasteiger partial charge on any atom is 0.336 e. The van der Waals surface area contributed by atoms with Crippen LogP contribution in [0.5, 0.6) is 23.0 Å². The Kier molecular flexibility index (Phi) is 14.7. The maximum atomic E-state index is 12.4. The third-order valence-corrected chi connectivity index (χ3v) is 5.12. The van der Waals surface area contributed by atoms with E-state index in [1.807, 2.05) is 74.5 Å². The summed E-state index contributed by atoms with van der Waals surface area (Å²) in [5.41, 5.74) is 5.35. The van der Waals surface area contributed by atoms with Crippen molar-refractivity contribution >= 4 is 18.5 Å². The number of esters is 1. The lowest BCUT2D eigenvalue weighted by atomic mass is 9.97. The molecule has 0 saturated heterocycles. The molecule has 216 valence electrons. The van der Waals surface area contributed by atoms with Crippen molar-refractivity contribution in [3.63, 3.8) is 0 Å². The predicted molar refractivity (Wildman–Crippen MR) is 164 cm³/mol. The van der Waals surface area contributed by atoms with Gasteiger partial charge in [0.15, 0.2) is 0 Å². The van der Waals surface area contributed by atoms with Crippen LogP contribution in [-0.4, -0.2) is 39.9 Å². The van der Waals surface area contributed by atoms with Gasteiger partial charge in [-0.05, 0) is 86.4 Å². The molecule has 41 heavy (non-hydrogen) atoms. The fourth-order valence-corrected chi connectivity index (χ4v) is 3.18. The van der Waals surface area contributed by atoms with Crippen molar-refractivity contribution in [2.45, 2.75) is 27.7 Å². The van der Waals surface area contributed by atoms with E-state index in [-0.39, 0.29) is 0 Å². The second-order valence-electron chi connectivity index (χ2n) is 9.08. The molecule has 0 radical (unpaired) electrons. The van der Waals surface area contributed by atoms with Gasteiger partial charge in [-0.15, -0.1) is 0 Å². The molecule has 7 nitrogen and oxygen atoms in total. The zero-order valence-corrected chi connectivity index (χ0v) is 24.8. The van der Waals surface area contributed by atoms with E-state index in [0.29, 0.717) is 22.6 Å². The number of ether oxygens (including phenoxy) is 4. The summed E-state index contributed by atoms with van der Waals surface area (Å²) >= 11 is 0. The molecule has 0 saturated carbocycles. The number of hydrogen-bond acceptors (Lipinski definition) is 7. The molecule has 0 fully saturated rings. The van der Waals surface area contributed by atoms with E-state index < -0.39 is 5.97 Å². The number of hydrogen-bond donors (Lipinski definition) is 0. The SMILES string of the molecule is C=C(C)C=O.C=C(C)C=O.COc1ccc(-c2cc(OC(=O)C=C(C)C)c(-c3ccc(OC)cc3)cc2OC)cc1. The van der Waals surface area contributed by atoms with Crippen LogP contribution in [0.2, 0.25) is 0 Å². The molecular formula is C34H38O7. The predicted octanol–water partition coefficient (Wildman–Crippen LogP) is 7.44. The van der Waals surface area contributed by atoms with Gasteiger partial charge >= 0.3 is 5.97 Å². The van der Waals surface area contributed by atoms with Gasteiger partial charge in [-0.25, -0.2) is 4.79 Å². The highest BCUT2D eigenvalue weighted by Crippen LogP contribution is 2.41. The summed E-state index contributed by atoms with van der Waals surface area (Å²) in [5.74, 6) is 2.18. The Morgan fingerprint density at radius 3 is 1.32 bits per heavy atom. The minimum atomic E-state index is -0.430. The normalized spacial score (nSPS) is 9.34. The molecule has 7 heteroatoms. The first kappa shape index (κ1) is 34.1. The summed E-state index contributed by atoms with van der Waals surface area (Å²) in [7, 11) is 4.86. The third-order valence-electron chi connectivity index (χ3n) is 5.12. The van der Waals surface area contributed by atoms with Crippen LogP contribution in [0, 0.1) is 0 Å². The van der Waals surface area contributed by atoms with E-state index in [0.717, 1.165) is 51.9 Å². The number of carbonyl (C=O) groups is 3. The van der Waals surface area contributed by atoms with Gasteiger partial charge in [-0.3, -0.25) is 9.59 Å². The summed E-state index contributed by atoms with van der Waals surface area (Å²) in [6, 6.07) is 18.9. The van der Waals surface area contributed by atoms with Crippen molar-refractivity contribution < 1.29 is 33.3 Å². The van der Waals surface area contributed by atoms with Gasteiger partial charge in [-0.2, -0.15) is 0 Å². The Morgan fingerprint density at radius 2 is 1.00 bits per heavy atom. The van der Waals surface area contributed by atoms with Gasteiger partial charge in [-0.1, -0.05) is 43.0 Å². The molecule has 0 heterocycles. The number of methoxy groups -OCH3 is 3. The Hall–Kier alpha value is -4.91. The molecular weight excluding hydrogens is 520 g/mol. The van der Waals surface area contributed by atoms with E-state index in [2.05, 4.69) is 13.2 Å². The van der Waals surface area contributed by atoms with Crippen molar-refractivity contribution in [3.05, 3.63) is 96.6 Å². The van der Waals surface area contributed by atoms with E-state index in [1.165, 1.54) is 6.08 Å². The largest absolute Gasteiger partial charge is 0.497 e. The smallest absolute Gasteiger partial charge is 0.336 e. The zero-order valence-electron chi connectivity index (χ0n) is 24.8. The first-order chi connectivity index (χ1) is 19.5. The van der Waals surface area contributed by atoms with E-state index in [9.17, 15) is 14.4 Å². The number of rotatable bonds is 9. The number of aldehydes is 2. The molecule has 0 unspecified atom stereocenters. The topological polar surface area (TPSA) is 88.1 Å². The molecule has 0 aliphatic heterocycles. The van der Waals surface area contributed by atoms with E-state index >= 15 is 0 Å². The van der Waals surface area contributed by atoms with Crippen LogP contribution < -0.4 is 18.9 Å². The van der Waals surface area contributed by atoms with Crippen molar-refractivity contribution in [2.75, 3.05) is 21.3 Å². The molecule has 3 aromatic carbocycles. The second kappa shape index (κ2) is 17.6. The van der Waals surface area contributed by atoms with Crippen molar-refractivity contribution in [1.82, 2.24) is 0 Å². The lowest BCUT2D eigenvalue weighted by Gasteiger charge is -2.16. The van der Waals surface area contributed by atoms with Crippen molar-refractivity contribution in [1.29, 1.82) is 0 Å². The molecule has 0 aliphatic rings. The lowest BCUT2D eigenvalue weighted by molar-refractivity contribution is -0.129. The Morgan fingerprint density at radius 1 is 0.634 bits per heavy atom. The minimum absolute atomic E-state index is 0.430. The standard InChI is InChI=1S/C26H26O5.2C4H6O/c1-17(2)14-26(27)31-25-16-22(18-6-10-20(28-3)11-7-18)24(30-5)15-23(25)19-8-12-21(29-4)13-9-19;2*1-4(2)3-5/h6-16H,1-5H3;2*3H,1H2,2H3. The quantitative estimate of drug-likeness (QED) is 0.117. The molecule has 0 aromatic heterocycles. The fourth-order valence-electron chi connectivity index (χ4n) is 3.18. The average molecular weight is 559 g/mol. The molecule has 0 bridgehead atoms. The maximum absolute atomic E-state index is 12.4. The third kappa shape index (κ3) is 11.8. The Balaban J connectivity index is 0.000000722. The summed E-state index contributed by atoms with van der Waals surface area (Å²) < 4.78 is 21.9. The number of allylic oxidation sites excluding steroid dienone is 3. The van der Waals surface area contributed by atoms with Gasteiger partial charge in [0.25, 0.3) is 0 Å². The highest BCUT2D eigenvalue weighted by Gasteiger charge is 2.17. The van der Waals surface area contributed by atoms with Gasteiger partial charge in [0.1, 0.15) is 35.6 Å². The lowest BCUT2D eigenvalue weighted by Crippen LogP contribution is -2.06. The van der Waals surface area contributed by atoms with E-state index in [1.54, 1.807) is 35.2 Å². The van der Waals surface area contributed by atoms with Crippen LogP contribution in [0.1, 0.15) is 27.7 Å². The molecule has 0 N–H and O–H groups in total. The first-order valence-corrected chi connectivity index (χ1v) is 12.6. The number of carbonyl (C=O) groups excluding carboxylic acids is 3. The van der Waals surface area contributed by atoms with Crippen LogP contribution in [-0.2, 0) is 14.4 Å². The van der Waals surface area contributed by atoms with Gasteiger partial charge in [0.05, 0.1) is 21.3 Å². The van der Waals surface area contributed by atoms with Crippen LogP contribution in [0.3, 0.4) is 0 Å². The Labute approximate surface area is 242 Å². The van der Waals surface area contributed by atoms with Crippen LogP contribution in [0.4, 0.5) is 0 Å². The van der Waals surface area contributed by atoms with Crippen molar-refractivity contribution in [3.8, 4) is 45.3 Å². The summed E-state index contributed by atoms with van der Waals surface area (Å²) in [6.45, 7) is 13.6. The van der Waals surface area contributed by atoms with Crippen LogP contribution in [0.25, 0.3) is 22.3 Å². The van der Waals surface area contributed by atoms with Crippen molar-refractivity contribution in [2.24, 2.45) is 0 Å². The Bertz CT molecular complexity index is 1340. The molecule has 0 atom stereocenters. The molecule has 3 aromatic rings. The summed E-state index contributed by atoms with van der Waals surface area (Å²) in [4.78, 5) is 31.2. The van der Waals surface area contributed by atoms with Gasteiger partial charge in [0, 0.05) is 17.2 Å². The highest BCUT2D eigenvalue weighted by atomic mass is 16.5. The van der Waals surface area contributed by atoms with Crippen LogP contribution in [0.15, 0.2) is 96.6 Å². The summed E-state index contributed by atoms with van der Waals surface area (Å²) in [6.07, 6.45) is 2.91. The summed E-state index contributed by atoms with van der Waals surface area (Å²) in [5, 5.41) is 0. The van der Waals surface area contributed by atoms with Gasteiger partial charge < -0.3 is 18.9 Å². The molecule has 3 rings (SSSR count).